The smallest absolute Gasteiger partial charge is 0.393 e. The number of hydrogen-bond acceptors (Lipinski definition) is 7. The number of carbonyl (C=O) groups is 1. The van der Waals surface area contributed by atoms with Crippen LogP contribution in [-0.2, 0) is 9.09 Å². The quantitative estimate of drug-likeness (QED) is 0.572. The van der Waals surface area contributed by atoms with Gasteiger partial charge in [0.1, 0.15) is 10.6 Å². The first-order chi connectivity index (χ1) is 11.5. The summed E-state index contributed by atoms with van der Waals surface area (Å²) >= 11 is 1.07. The number of hydrogen-bond donors (Lipinski definition) is 2. The Bertz CT molecular complexity index is 821. The van der Waals surface area contributed by atoms with E-state index in [2.05, 4.69) is 4.98 Å². The molecule has 0 aromatic carbocycles. The van der Waals surface area contributed by atoms with E-state index in [1.807, 2.05) is 6.92 Å². The second kappa shape index (κ2) is 7.03. The van der Waals surface area contributed by atoms with Gasteiger partial charge in [-0.05, 0) is 25.5 Å². The topological polar surface area (TPSA) is 116 Å². The summed E-state index contributed by atoms with van der Waals surface area (Å²) in [5, 5.41) is 0.226. The summed E-state index contributed by atoms with van der Waals surface area (Å²) in [6.45, 7) is 8.94. The van der Waals surface area contributed by atoms with Crippen molar-refractivity contribution in [2.24, 2.45) is 5.41 Å². The molecule has 0 saturated heterocycles. The molecule has 0 amide bonds. The first-order valence-corrected chi connectivity index (χ1v) is 10.3. The number of Topliss-reactive ketones (excluding diaryl/α,β-unsaturated/α-hetero) is 1. The molecule has 25 heavy (non-hydrogen) atoms. The maximum absolute atomic E-state index is 12.6. The van der Waals surface area contributed by atoms with Crippen LogP contribution in [0.1, 0.15) is 50.7 Å². The van der Waals surface area contributed by atoms with Gasteiger partial charge in [-0.15, -0.1) is 0 Å². The molecule has 0 aliphatic carbocycles. The molecule has 0 aliphatic rings. The Hall–Kier alpha value is -1.47. The molecule has 2 aromatic heterocycles. The molecule has 0 spiro atoms. The van der Waals surface area contributed by atoms with E-state index in [9.17, 15) is 14.3 Å². The highest BCUT2D eigenvalue weighted by atomic mass is 32.1. The Labute approximate surface area is 150 Å². The van der Waals surface area contributed by atoms with Crippen LogP contribution >= 0.6 is 18.9 Å². The third kappa shape index (κ3) is 4.39. The standard InChI is InChI=1S/C16H23N2O5PS/c1-6-9(2)23-24(20,21)11-8-7-10(22-11)12-13(25-15(17)18-12)14(19)16(3,4)5/h7-9H,6H2,1-5H3,(H2,17,18)(H,20,21). The van der Waals surface area contributed by atoms with Gasteiger partial charge in [-0.2, -0.15) is 0 Å². The van der Waals surface area contributed by atoms with E-state index in [0.717, 1.165) is 11.3 Å². The van der Waals surface area contributed by atoms with Crippen molar-refractivity contribution in [2.75, 3.05) is 5.73 Å². The lowest BCUT2D eigenvalue weighted by atomic mass is 9.89. The van der Waals surface area contributed by atoms with E-state index in [0.29, 0.717) is 11.3 Å². The number of ketones is 1. The minimum atomic E-state index is -4.09. The zero-order valence-electron chi connectivity index (χ0n) is 14.9. The van der Waals surface area contributed by atoms with Crippen LogP contribution < -0.4 is 11.2 Å². The molecule has 3 N–H and O–H groups in total. The van der Waals surface area contributed by atoms with Gasteiger partial charge in [0.05, 0.1) is 6.10 Å². The number of nitrogens with zero attached hydrogens (tertiary/aromatic N) is 1. The molecule has 2 heterocycles. The molecule has 2 aromatic rings. The van der Waals surface area contributed by atoms with E-state index in [1.54, 1.807) is 27.7 Å². The molecule has 0 saturated carbocycles. The number of carbonyl (C=O) groups excluding carboxylic acids is 1. The summed E-state index contributed by atoms with van der Waals surface area (Å²) in [5.41, 5.74) is 5.23. The fourth-order valence-electron chi connectivity index (χ4n) is 1.98. The lowest BCUT2D eigenvalue weighted by Crippen LogP contribution is -2.19. The molecule has 9 heteroatoms. The van der Waals surface area contributed by atoms with Crippen molar-refractivity contribution in [2.45, 2.75) is 47.1 Å². The Morgan fingerprint density at radius 1 is 1.48 bits per heavy atom. The number of aromatic nitrogens is 1. The summed E-state index contributed by atoms with van der Waals surface area (Å²) in [6.07, 6.45) is 0.197. The van der Waals surface area contributed by atoms with Crippen LogP contribution in [0, 0.1) is 5.41 Å². The van der Waals surface area contributed by atoms with Gasteiger partial charge in [0.15, 0.2) is 16.7 Å². The summed E-state index contributed by atoms with van der Waals surface area (Å²) in [6, 6.07) is 2.85. The van der Waals surface area contributed by atoms with Crippen molar-refractivity contribution in [3.8, 4) is 11.5 Å². The van der Waals surface area contributed by atoms with Crippen LogP contribution in [0.25, 0.3) is 11.5 Å². The van der Waals surface area contributed by atoms with Gasteiger partial charge in [0.2, 0.25) is 5.50 Å². The number of furan rings is 1. The zero-order chi connectivity index (χ0) is 19.0. The predicted octanol–water partition coefficient (Wildman–Crippen LogP) is 3.84. The third-order valence-corrected chi connectivity index (χ3v) is 5.86. The number of thiazole rings is 1. The van der Waals surface area contributed by atoms with Gasteiger partial charge in [-0.3, -0.25) is 9.36 Å². The SMILES string of the molecule is CCC(C)OP(=O)(O)c1ccc(-c2nc(N)sc2C(=O)C(C)(C)C)o1. The summed E-state index contributed by atoms with van der Waals surface area (Å²) in [5.74, 6) is 0.0789. The minimum Gasteiger partial charge on any atom is -0.446 e. The van der Waals surface area contributed by atoms with E-state index in [-0.39, 0.29) is 27.9 Å². The number of nitrogens with two attached hydrogens (primary N) is 1. The first kappa shape index (κ1) is 19.8. The van der Waals surface area contributed by atoms with Crippen LogP contribution in [0.4, 0.5) is 5.13 Å². The average Bonchev–Trinajstić information content (AvgIpc) is 3.11. The van der Waals surface area contributed by atoms with Gasteiger partial charge in [0, 0.05) is 5.41 Å². The highest BCUT2D eigenvalue weighted by Gasteiger charge is 2.32. The van der Waals surface area contributed by atoms with E-state index in [4.69, 9.17) is 14.7 Å². The summed E-state index contributed by atoms with van der Waals surface area (Å²) in [7, 11) is -4.09. The lowest BCUT2D eigenvalue weighted by molar-refractivity contribution is 0.0863. The normalized spacial score (nSPS) is 15.8. The molecule has 2 atom stereocenters. The zero-order valence-corrected chi connectivity index (χ0v) is 16.6. The van der Waals surface area contributed by atoms with Gasteiger partial charge < -0.3 is 19.6 Å². The predicted molar refractivity (Wildman–Crippen MR) is 98.3 cm³/mol. The highest BCUT2D eigenvalue weighted by molar-refractivity contribution is 7.60. The van der Waals surface area contributed by atoms with Crippen molar-refractivity contribution in [1.29, 1.82) is 0 Å². The van der Waals surface area contributed by atoms with Crippen molar-refractivity contribution in [3.05, 3.63) is 17.0 Å². The maximum atomic E-state index is 12.6. The molecule has 0 bridgehead atoms. The number of nitrogen functional groups attached to an aromatic ring is 1. The Morgan fingerprint density at radius 2 is 2.12 bits per heavy atom. The van der Waals surface area contributed by atoms with Crippen molar-refractivity contribution < 1.29 is 23.2 Å². The van der Waals surface area contributed by atoms with Crippen molar-refractivity contribution in [3.63, 3.8) is 0 Å². The van der Waals surface area contributed by atoms with Crippen molar-refractivity contribution in [1.82, 2.24) is 4.98 Å². The molecule has 138 valence electrons. The Morgan fingerprint density at radius 3 is 2.68 bits per heavy atom. The average molecular weight is 386 g/mol. The maximum Gasteiger partial charge on any atom is 0.393 e. The molecule has 2 rings (SSSR count). The van der Waals surface area contributed by atoms with Crippen LogP contribution in [-0.4, -0.2) is 21.8 Å². The number of rotatable bonds is 6. The van der Waals surface area contributed by atoms with E-state index >= 15 is 0 Å². The largest absolute Gasteiger partial charge is 0.446 e. The second-order valence-corrected chi connectivity index (χ2v) is 9.51. The third-order valence-electron chi connectivity index (χ3n) is 3.53. The minimum absolute atomic E-state index is 0.127. The first-order valence-electron chi connectivity index (χ1n) is 7.88. The highest BCUT2D eigenvalue weighted by Crippen LogP contribution is 2.44. The lowest BCUT2D eigenvalue weighted by Gasteiger charge is -2.15. The van der Waals surface area contributed by atoms with Gasteiger partial charge in [-0.25, -0.2) is 4.98 Å². The Kier molecular flexibility index (Phi) is 5.59. The van der Waals surface area contributed by atoms with E-state index in [1.165, 1.54) is 12.1 Å². The molecule has 7 nitrogen and oxygen atoms in total. The molecular formula is C16H23N2O5PS. The fourth-order valence-corrected chi connectivity index (χ4v) is 4.18. The van der Waals surface area contributed by atoms with Crippen molar-refractivity contribution >= 4 is 35.3 Å². The second-order valence-electron chi connectivity index (χ2n) is 6.79. The van der Waals surface area contributed by atoms with Crippen LogP contribution in [0.3, 0.4) is 0 Å². The Balaban J connectivity index is 2.41. The van der Waals surface area contributed by atoms with E-state index < -0.39 is 19.1 Å². The molecule has 2 unspecified atom stereocenters. The molecule has 0 fully saturated rings. The summed E-state index contributed by atoms with van der Waals surface area (Å²) < 4.78 is 23.0. The van der Waals surface area contributed by atoms with Gasteiger partial charge >= 0.3 is 7.60 Å². The van der Waals surface area contributed by atoms with Gasteiger partial charge in [-0.1, -0.05) is 39.0 Å². The monoisotopic (exact) mass is 386 g/mol. The summed E-state index contributed by atoms with van der Waals surface area (Å²) in [4.78, 5) is 27.2. The molecule has 0 radical (unpaired) electrons. The molecule has 0 aliphatic heterocycles. The van der Waals surface area contributed by atoms with Crippen LogP contribution in [0.2, 0.25) is 0 Å². The number of anilines is 1. The van der Waals surface area contributed by atoms with Crippen LogP contribution in [0.15, 0.2) is 16.5 Å². The fraction of sp³-hybridized carbons (Fsp3) is 0.500. The van der Waals surface area contributed by atoms with Crippen LogP contribution in [0.5, 0.6) is 0 Å². The van der Waals surface area contributed by atoms with Gasteiger partial charge in [0.25, 0.3) is 0 Å². The molecular weight excluding hydrogens is 363 g/mol.